The Morgan fingerprint density at radius 2 is 1.86 bits per heavy atom. The standard InChI is InChI=1S/C18H26ClNO2/c1-13-12-16(22-3)17(14(2)18(13)19)15(21)8-11-20-9-6-4-5-7-10-20/h12H,4-11H2,1-3H3. The zero-order valence-electron chi connectivity index (χ0n) is 13.9. The fraction of sp³-hybridized carbons (Fsp3) is 0.611. The number of hydrogen-bond acceptors (Lipinski definition) is 3. The molecule has 2 rings (SSSR count). The molecule has 22 heavy (non-hydrogen) atoms. The number of carbonyl (C=O) groups excluding carboxylic acids is 1. The molecule has 3 nitrogen and oxygen atoms in total. The van der Waals surface area contributed by atoms with E-state index in [0.29, 0.717) is 22.8 Å². The van der Waals surface area contributed by atoms with Gasteiger partial charge in [0.15, 0.2) is 5.78 Å². The summed E-state index contributed by atoms with van der Waals surface area (Å²) in [5.74, 6) is 0.765. The van der Waals surface area contributed by atoms with E-state index in [9.17, 15) is 4.79 Å². The van der Waals surface area contributed by atoms with Crippen molar-refractivity contribution in [3.05, 3.63) is 27.8 Å². The van der Waals surface area contributed by atoms with Gasteiger partial charge < -0.3 is 9.64 Å². The molecule has 0 aromatic heterocycles. The average Bonchev–Trinajstić information content (AvgIpc) is 2.78. The number of benzene rings is 1. The molecule has 0 amide bonds. The number of aryl methyl sites for hydroxylation is 1. The number of ketones is 1. The molecule has 1 aliphatic rings. The Morgan fingerprint density at radius 1 is 1.23 bits per heavy atom. The highest BCUT2D eigenvalue weighted by Crippen LogP contribution is 2.32. The number of nitrogens with zero attached hydrogens (tertiary/aromatic N) is 1. The molecule has 0 aliphatic carbocycles. The van der Waals surface area contributed by atoms with Crippen molar-refractivity contribution < 1.29 is 9.53 Å². The van der Waals surface area contributed by atoms with Crippen molar-refractivity contribution in [3.63, 3.8) is 0 Å². The van der Waals surface area contributed by atoms with E-state index in [1.807, 2.05) is 19.9 Å². The van der Waals surface area contributed by atoms with Gasteiger partial charge in [0.25, 0.3) is 0 Å². The summed E-state index contributed by atoms with van der Waals surface area (Å²) in [5.41, 5.74) is 2.42. The summed E-state index contributed by atoms with van der Waals surface area (Å²) in [5, 5.41) is 0.666. The number of likely N-dealkylation sites (tertiary alicyclic amines) is 1. The number of hydrogen-bond donors (Lipinski definition) is 0. The number of halogens is 1. The van der Waals surface area contributed by atoms with E-state index in [1.54, 1.807) is 7.11 Å². The maximum Gasteiger partial charge on any atom is 0.168 e. The molecular formula is C18H26ClNO2. The fourth-order valence-corrected chi connectivity index (χ4v) is 3.32. The number of Topliss-reactive ketones (excluding diaryl/α,β-unsaturated/α-hetero) is 1. The van der Waals surface area contributed by atoms with Gasteiger partial charge >= 0.3 is 0 Å². The first-order valence-corrected chi connectivity index (χ1v) is 8.51. The zero-order valence-corrected chi connectivity index (χ0v) is 14.6. The average molecular weight is 324 g/mol. The van der Waals surface area contributed by atoms with Crippen molar-refractivity contribution in [2.75, 3.05) is 26.7 Å². The Balaban J connectivity index is 2.10. The SMILES string of the molecule is COc1cc(C)c(Cl)c(C)c1C(=O)CCN1CCCCCC1. The van der Waals surface area contributed by atoms with Crippen LogP contribution in [0.15, 0.2) is 6.07 Å². The summed E-state index contributed by atoms with van der Waals surface area (Å²) in [6.07, 6.45) is 5.63. The van der Waals surface area contributed by atoms with E-state index in [-0.39, 0.29) is 5.78 Å². The second-order valence-electron chi connectivity index (χ2n) is 6.14. The van der Waals surface area contributed by atoms with Crippen molar-refractivity contribution in [1.82, 2.24) is 4.90 Å². The highest BCUT2D eigenvalue weighted by Gasteiger charge is 2.20. The van der Waals surface area contributed by atoms with Crippen LogP contribution in [-0.2, 0) is 0 Å². The minimum Gasteiger partial charge on any atom is -0.496 e. The first kappa shape index (κ1) is 17.3. The number of ether oxygens (including phenoxy) is 1. The topological polar surface area (TPSA) is 29.5 Å². The predicted octanol–water partition coefficient (Wildman–Crippen LogP) is 4.41. The van der Waals surface area contributed by atoms with Crippen molar-refractivity contribution in [1.29, 1.82) is 0 Å². The van der Waals surface area contributed by atoms with Gasteiger partial charge in [0.05, 0.1) is 12.7 Å². The molecule has 1 fully saturated rings. The van der Waals surface area contributed by atoms with Gasteiger partial charge in [-0.15, -0.1) is 0 Å². The number of methoxy groups -OCH3 is 1. The summed E-state index contributed by atoms with van der Waals surface area (Å²) in [6.45, 7) is 6.88. The molecule has 0 bridgehead atoms. The minimum atomic E-state index is 0.125. The Morgan fingerprint density at radius 3 is 2.45 bits per heavy atom. The first-order chi connectivity index (χ1) is 10.5. The van der Waals surface area contributed by atoms with E-state index in [4.69, 9.17) is 16.3 Å². The van der Waals surface area contributed by atoms with E-state index in [1.165, 1.54) is 25.7 Å². The van der Waals surface area contributed by atoms with Crippen LogP contribution in [0.25, 0.3) is 0 Å². The second-order valence-corrected chi connectivity index (χ2v) is 6.52. The molecule has 0 saturated carbocycles. The summed E-state index contributed by atoms with van der Waals surface area (Å²) >= 11 is 6.31. The summed E-state index contributed by atoms with van der Waals surface area (Å²) in [4.78, 5) is 15.1. The van der Waals surface area contributed by atoms with Gasteiger partial charge in [-0.05, 0) is 57.0 Å². The van der Waals surface area contributed by atoms with Crippen LogP contribution in [-0.4, -0.2) is 37.4 Å². The Kier molecular flexibility index (Phi) is 6.27. The molecule has 1 saturated heterocycles. The third kappa shape index (κ3) is 4.02. The van der Waals surface area contributed by atoms with Crippen LogP contribution in [0.5, 0.6) is 5.75 Å². The van der Waals surface area contributed by atoms with Crippen LogP contribution in [0.2, 0.25) is 5.02 Å². The van der Waals surface area contributed by atoms with Gasteiger partial charge in [-0.25, -0.2) is 0 Å². The van der Waals surface area contributed by atoms with Crippen LogP contribution >= 0.6 is 11.6 Å². The molecule has 1 aromatic carbocycles. The molecule has 0 N–H and O–H groups in total. The molecule has 0 spiro atoms. The third-order valence-electron chi connectivity index (χ3n) is 4.50. The van der Waals surface area contributed by atoms with Crippen LogP contribution in [0.4, 0.5) is 0 Å². The second kappa shape index (κ2) is 7.98. The molecule has 122 valence electrons. The lowest BCUT2D eigenvalue weighted by Crippen LogP contribution is -2.27. The van der Waals surface area contributed by atoms with E-state index < -0.39 is 0 Å². The molecular weight excluding hydrogens is 298 g/mol. The summed E-state index contributed by atoms with van der Waals surface area (Å²) < 4.78 is 5.40. The smallest absolute Gasteiger partial charge is 0.168 e. The summed E-state index contributed by atoms with van der Waals surface area (Å²) in [6, 6.07) is 1.86. The van der Waals surface area contributed by atoms with Gasteiger partial charge in [-0.2, -0.15) is 0 Å². The van der Waals surface area contributed by atoms with Gasteiger partial charge in [0, 0.05) is 18.0 Å². The lowest BCUT2D eigenvalue weighted by molar-refractivity contribution is 0.0961. The van der Waals surface area contributed by atoms with Crippen molar-refractivity contribution in [3.8, 4) is 5.75 Å². The largest absolute Gasteiger partial charge is 0.496 e. The highest BCUT2D eigenvalue weighted by molar-refractivity contribution is 6.32. The van der Waals surface area contributed by atoms with Gasteiger partial charge in [0.2, 0.25) is 0 Å². The van der Waals surface area contributed by atoms with Crippen LogP contribution in [0.3, 0.4) is 0 Å². The first-order valence-electron chi connectivity index (χ1n) is 8.14. The maximum absolute atomic E-state index is 12.7. The van der Waals surface area contributed by atoms with E-state index in [2.05, 4.69) is 4.90 Å². The van der Waals surface area contributed by atoms with Gasteiger partial charge in [-0.1, -0.05) is 24.4 Å². The number of rotatable bonds is 5. The minimum absolute atomic E-state index is 0.125. The van der Waals surface area contributed by atoms with Crippen molar-refractivity contribution >= 4 is 17.4 Å². The zero-order chi connectivity index (χ0) is 16.1. The molecule has 1 aromatic rings. The molecule has 0 unspecified atom stereocenters. The molecule has 1 heterocycles. The molecule has 1 aliphatic heterocycles. The lowest BCUT2D eigenvalue weighted by Gasteiger charge is -2.20. The lowest BCUT2D eigenvalue weighted by atomic mass is 9.98. The van der Waals surface area contributed by atoms with Crippen LogP contribution in [0.1, 0.15) is 53.6 Å². The highest BCUT2D eigenvalue weighted by atomic mass is 35.5. The normalized spacial score (nSPS) is 16.4. The van der Waals surface area contributed by atoms with E-state index in [0.717, 1.165) is 30.8 Å². The van der Waals surface area contributed by atoms with Crippen molar-refractivity contribution in [2.45, 2.75) is 46.0 Å². The maximum atomic E-state index is 12.7. The Bertz CT molecular complexity index is 534. The Hall–Kier alpha value is -1.06. The molecule has 0 atom stereocenters. The monoisotopic (exact) mass is 323 g/mol. The Labute approximate surface area is 138 Å². The van der Waals surface area contributed by atoms with Gasteiger partial charge in [-0.3, -0.25) is 4.79 Å². The van der Waals surface area contributed by atoms with Gasteiger partial charge in [0.1, 0.15) is 5.75 Å². The molecule has 0 radical (unpaired) electrons. The van der Waals surface area contributed by atoms with Crippen LogP contribution in [0, 0.1) is 13.8 Å². The molecule has 4 heteroatoms. The van der Waals surface area contributed by atoms with Crippen LogP contribution < -0.4 is 4.74 Å². The van der Waals surface area contributed by atoms with E-state index >= 15 is 0 Å². The summed E-state index contributed by atoms with van der Waals surface area (Å²) in [7, 11) is 1.60. The van der Waals surface area contributed by atoms with Crippen molar-refractivity contribution in [2.24, 2.45) is 0 Å². The number of carbonyl (C=O) groups is 1. The predicted molar refractivity (Wildman–Crippen MR) is 91.3 cm³/mol. The quantitative estimate of drug-likeness (QED) is 0.751. The fourth-order valence-electron chi connectivity index (χ4n) is 3.17. The third-order valence-corrected chi connectivity index (χ3v) is 5.08.